The van der Waals surface area contributed by atoms with Gasteiger partial charge in [-0.3, -0.25) is 0 Å². The van der Waals surface area contributed by atoms with Gasteiger partial charge < -0.3 is 9.84 Å². The molecule has 21 heavy (non-hydrogen) atoms. The molecule has 0 atom stereocenters. The Balaban J connectivity index is 2.51. The summed E-state index contributed by atoms with van der Waals surface area (Å²) >= 11 is 0. The first kappa shape index (κ1) is 14.8. The summed E-state index contributed by atoms with van der Waals surface area (Å²) in [5.74, 6) is -1.42. The van der Waals surface area contributed by atoms with E-state index in [-0.39, 0.29) is 23.6 Å². The summed E-state index contributed by atoms with van der Waals surface area (Å²) in [6, 6.07) is 2.39. The molecule has 1 aromatic carbocycles. The van der Waals surface area contributed by atoms with Crippen molar-refractivity contribution in [3.8, 4) is 17.0 Å². The molecule has 1 aromatic heterocycles. The first-order valence-electron chi connectivity index (χ1n) is 5.82. The van der Waals surface area contributed by atoms with E-state index >= 15 is 0 Å². The van der Waals surface area contributed by atoms with E-state index in [1.165, 1.54) is 0 Å². The van der Waals surface area contributed by atoms with Crippen LogP contribution in [0.1, 0.15) is 23.0 Å². The summed E-state index contributed by atoms with van der Waals surface area (Å²) in [5, 5.41) is 18.8. The zero-order chi connectivity index (χ0) is 15.6. The number of nitrogens with zero attached hydrogens (tertiary/aromatic N) is 2. The van der Waals surface area contributed by atoms with Crippen LogP contribution in [0.5, 0.6) is 5.75 Å². The molecule has 0 saturated heterocycles. The molecule has 0 saturated carbocycles. The van der Waals surface area contributed by atoms with Gasteiger partial charge in [0.05, 0.1) is 12.2 Å². The molecule has 2 N–H and O–H groups in total. The van der Waals surface area contributed by atoms with E-state index in [1.54, 1.807) is 6.92 Å². The number of hydrogen-bond acceptors (Lipinski definition) is 5. The van der Waals surface area contributed by atoms with Crippen molar-refractivity contribution in [2.45, 2.75) is 13.1 Å². The number of ether oxygens (including phenoxy) is 1. The van der Waals surface area contributed by atoms with Gasteiger partial charge in [-0.15, -0.1) is 5.10 Å². The first-order chi connectivity index (χ1) is 9.82. The Morgan fingerprint density at radius 3 is 2.67 bits per heavy atom. The highest BCUT2D eigenvalue weighted by atomic mass is 19.4. The molecule has 2 aromatic rings. The Morgan fingerprint density at radius 2 is 2.05 bits per heavy atom. The third-order valence-corrected chi connectivity index (χ3v) is 2.54. The maximum atomic E-state index is 12.7. The predicted molar refractivity (Wildman–Crippen MR) is 64.4 cm³/mol. The van der Waals surface area contributed by atoms with Gasteiger partial charge in [-0.25, -0.2) is 4.79 Å². The summed E-state index contributed by atoms with van der Waals surface area (Å²) in [4.78, 5) is 11.6. The van der Waals surface area contributed by atoms with Gasteiger partial charge in [-0.05, 0) is 25.1 Å². The van der Waals surface area contributed by atoms with E-state index in [2.05, 4.69) is 15.4 Å². The third-order valence-electron chi connectivity index (χ3n) is 2.54. The molecule has 9 heteroatoms. The molecule has 1 heterocycles. The lowest BCUT2D eigenvalue weighted by Crippen LogP contribution is -2.08. The van der Waals surface area contributed by atoms with Crippen LogP contribution in [-0.2, 0) is 10.9 Å². The fourth-order valence-corrected chi connectivity index (χ4v) is 1.69. The number of aromatic amines is 1. The number of phenolic OH excluding ortho intramolecular Hbond substituents is 1. The molecular formula is C12H10F3N3O3. The fraction of sp³-hybridized carbons (Fsp3) is 0.250. The third kappa shape index (κ3) is 3.12. The molecule has 2 rings (SSSR count). The minimum absolute atomic E-state index is 0.0823. The van der Waals surface area contributed by atoms with Gasteiger partial charge in [0.25, 0.3) is 0 Å². The molecule has 0 fully saturated rings. The Labute approximate surface area is 116 Å². The smallest absolute Gasteiger partial charge is 0.416 e. The number of alkyl halides is 3. The highest BCUT2D eigenvalue weighted by molar-refractivity contribution is 5.94. The normalized spacial score (nSPS) is 11.4. The van der Waals surface area contributed by atoms with Crippen LogP contribution < -0.4 is 0 Å². The number of rotatable bonds is 3. The lowest BCUT2D eigenvalue weighted by molar-refractivity contribution is -0.137. The quantitative estimate of drug-likeness (QED) is 0.850. The number of phenols is 1. The predicted octanol–water partition coefficient (Wildman–Crippen LogP) is 2.37. The second kappa shape index (κ2) is 5.43. The van der Waals surface area contributed by atoms with Gasteiger partial charge in [0.1, 0.15) is 11.4 Å². The Hall–Kier alpha value is -2.58. The lowest BCUT2D eigenvalue weighted by Gasteiger charge is -2.09. The van der Waals surface area contributed by atoms with Crippen LogP contribution in [0, 0.1) is 0 Å². The summed E-state index contributed by atoms with van der Waals surface area (Å²) in [6.07, 6.45) is -4.64. The lowest BCUT2D eigenvalue weighted by atomic mass is 10.1. The van der Waals surface area contributed by atoms with E-state index in [0.29, 0.717) is 6.07 Å². The zero-order valence-electron chi connectivity index (χ0n) is 10.7. The van der Waals surface area contributed by atoms with Crippen LogP contribution in [0.4, 0.5) is 13.2 Å². The van der Waals surface area contributed by atoms with Gasteiger partial charge in [-0.2, -0.15) is 23.5 Å². The van der Waals surface area contributed by atoms with Crippen LogP contribution in [0.2, 0.25) is 0 Å². The van der Waals surface area contributed by atoms with Crippen molar-refractivity contribution in [1.82, 2.24) is 15.4 Å². The average molecular weight is 301 g/mol. The molecule has 0 radical (unpaired) electrons. The number of H-pyrrole nitrogens is 1. The molecule has 0 amide bonds. The number of benzene rings is 1. The highest BCUT2D eigenvalue weighted by Gasteiger charge is 2.32. The van der Waals surface area contributed by atoms with Crippen molar-refractivity contribution < 1.29 is 27.8 Å². The van der Waals surface area contributed by atoms with Gasteiger partial charge in [0.15, 0.2) is 5.69 Å². The topological polar surface area (TPSA) is 88.1 Å². The zero-order valence-corrected chi connectivity index (χ0v) is 10.7. The number of carbonyl (C=O) groups excluding carboxylic acids is 1. The van der Waals surface area contributed by atoms with E-state index < -0.39 is 23.5 Å². The van der Waals surface area contributed by atoms with Crippen molar-refractivity contribution in [1.29, 1.82) is 0 Å². The van der Waals surface area contributed by atoms with Crippen LogP contribution in [-0.4, -0.2) is 33.1 Å². The molecule has 0 spiro atoms. The monoisotopic (exact) mass is 301 g/mol. The molecule has 0 aliphatic rings. The summed E-state index contributed by atoms with van der Waals surface area (Å²) < 4.78 is 42.9. The van der Waals surface area contributed by atoms with Crippen molar-refractivity contribution >= 4 is 5.97 Å². The molecular weight excluding hydrogens is 291 g/mol. The molecule has 0 unspecified atom stereocenters. The Bertz CT molecular complexity index is 667. The number of carbonyl (C=O) groups is 1. The fourth-order valence-electron chi connectivity index (χ4n) is 1.69. The summed E-state index contributed by atoms with van der Waals surface area (Å²) in [7, 11) is 0. The van der Waals surface area contributed by atoms with Crippen molar-refractivity contribution in [3.05, 3.63) is 29.5 Å². The molecule has 0 bridgehead atoms. The van der Waals surface area contributed by atoms with Gasteiger partial charge in [-0.1, -0.05) is 0 Å². The summed E-state index contributed by atoms with van der Waals surface area (Å²) in [6.45, 7) is 1.66. The molecule has 0 aliphatic heterocycles. The molecule has 6 nitrogen and oxygen atoms in total. The van der Waals surface area contributed by atoms with E-state index in [0.717, 1.165) is 12.1 Å². The SMILES string of the molecule is CCOC(=O)c1n[nH]nc1-c1cc(O)cc(C(F)(F)F)c1. The number of halogens is 3. The van der Waals surface area contributed by atoms with Gasteiger partial charge in [0.2, 0.25) is 0 Å². The van der Waals surface area contributed by atoms with Crippen molar-refractivity contribution in [2.24, 2.45) is 0 Å². The van der Waals surface area contributed by atoms with E-state index in [4.69, 9.17) is 4.74 Å². The maximum Gasteiger partial charge on any atom is 0.416 e. The Kier molecular flexibility index (Phi) is 3.83. The standard InChI is InChI=1S/C12H10F3N3O3/c1-2-21-11(20)10-9(16-18-17-10)6-3-7(12(13,14)15)5-8(19)4-6/h3-5,19H,2H2,1H3,(H,16,17,18). The van der Waals surface area contributed by atoms with Gasteiger partial charge in [0, 0.05) is 5.56 Å². The minimum Gasteiger partial charge on any atom is -0.508 e. The van der Waals surface area contributed by atoms with Crippen LogP contribution in [0.15, 0.2) is 18.2 Å². The minimum atomic E-state index is -4.64. The first-order valence-corrected chi connectivity index (χ1v) is 5.82. The number of nitrogens with one attached hydrogen (secondary N) is 1. The second-order valence-corrected chi connectivity index (χ2v) is 4.01. The number of aromatic nitrogens is 3. The molecule has 0 aliphatic carbocycles. The maximum absolute atomic E-state index is 12.7. The average Bonchev–Trinajstić information content (AvgIpc) is 2.86. The number of esters is 1. The van der Waals surface area contributed by atoms with Crippen LogP contribution in [0.25, 0.3) is 11.3 Å². The van der Waals surface area contributed by atoms with Crippen molar-refractivity contribution in [2.75, 3.05) is 6.61 Å². The largest absolute Gasteiger partial charge is 0.508 e. The second-order valence-electron chi connectivity index (χ2n) is 4.01. The number of aromatic hydroxyl groups is 1. The van der Waals surface area contributed by atoms with E-state index in [9.17, 15) is 23.1 Å². The number of hydrogen-bond donors (Lipinski definition) is 2. The summed E-state index contributed by atoms with van der Waals surface area (Å²) in [5.41, 5.74) is -1.54. The van der Waals surface area contributed by atoms with Crippen molar-refractivity contribution in [3.63, 3.8) is 0 Å². The van der Waals surface area contributed by atoms with Crippen LogP contribution >= 0.6 is 0 Å². The highest BCUT2D eigenvalue weighted by Crippen LogP contribution is 2.35. The Morgan fingerprint density at radius 1 is 1.33 bits per heavy atom. The molecule has 112 valence electrons. The van der Waals surface area contributed by atoms with Gasteiger partial charge >= 0.3 is 12.1 Å². The van der Waals surface area contributed by atoms with Crippen LogP contribution in [0.3, 0.4) is 0 Å². The van der Waals surface area contributed by atoms with E-state index in [1.807, 2.05) is 0 Å².